The predicted molar refractivity (Wildman–Crippen MR) is 67.9 cm³/mol. The highest BCUT2D eigenvalue weighted by atomic mass is 79.9. The molecule has 0 radical (unpaired) electrons. The average Bonchev–Trinajstić information content (AvgIpc) is 2.17. The van der Waals surface area contributed by atoms with Crippen LogP contribution in [-0.4, -0.2) is 10.9 Å². The van der Waals surface area contributed by atoms with E-state index in [4.69, 9.17) is 0 Å². The Morgan fingerprint density at radius 2 is 2.06 bits per heavy atom. The Morgan fingerprint density at radius 1 is 1.44 bits per heavy atom. The fourth-order valence-electron chi connectivity index (χ4n) is 1.13. The van der Waals surface area contributed by atoms with Gasteiger partial charge in [-0.05, 0) is 35.0 Å². The molecule has 1 aromatic heterocycles. The summed E-state index contributed by atoms with van der Waals surface area (Å²) in [5.74, 6) is 0.0321. The van der Waals surface area contributed by atoms with E-state index < -0.39 is 0 Å². The molecular weight excluding hydrogens is 268 g/mol. The molecule has 0 aliphatic heterocycles. The first-order chi connectivity index (χ1) is 7.30. The number of hydrogen-bond acceptors (Lipinski definition) is 2. The first kappa shape index (κ1) is 13.2. The molecule has 88 valence electrons. The van der Waals surface area contributed by atoms with E-state index in [1.807, 2.05) is 39.8 Å². The van der Waals surface area contributed by atoms with Gasteiger partial charge in [-0.3, -0.25) is 9.78 Å². The van der Waals surface area contributed by atoms with E-state index in [1.165, 1.54) is 0 Å². The number of rotatable bonds is 2. The van der Waals surface area contributed by atoms with Gasteiger partial charge < -0.3 is 5.32 Å². The van der Waals surface area contributed by atoms with E-state index >= 15 is 0 Å². The van der Waals surface area contributed by atoms with Crippen molar-refractivity contribution < 1.29 is 4.79 Å². The number of carbonyl (C=O) groups is 1. The molecule has 1 rings (SSSR count). The maximum absolute atomic E-state index is 11.8. The molecule has 4 heteroatoms. The van der Waals surface area contributed by atoms with E-state index in [2.05, 4.69) is 26.2 Å². The normalized spacial score (nSPS) is 13.3. The van der Waals surface area contributed by atoms with Gasteiger partial charge in [0.05, 0.1) is 11.7 Å². The van der Waals surface area contributed by atoms with Crippen LogP contribution in [0.2, 0.25) is 0 Å². The summed E-state index contributed by atoms with van der Waals surface area (Å²) in [6.45, 7) is 7.61. The van der Waals surface area contributed by atoms with Crippen molar-refractivity contribution in [2.24, 2.45) is 5.41 Å². The molecule has 1 amide bonds. The number of amides is 1. The predicted octanol–water partition coefficient (Wildman–Crippen LogP) is 3.07. The molecule has 1 N–H and O–H groups in total. The third kappa shape index (κ3) is 3.59. The SMILES string of the molecule is C[C@@H](NC(=O)C(C)(C)C)c1ccc(Br)cn1. The quantitative estimate of drug-likeness (QED) is 0.907. The number of carbonyl (C=O) groups excluding carboxylic acids is 1. The minimum absolute atomic E-state index is 0.0321. The monoisotopic (exact) mass is 284 g/mol. The van der Waals surface area contributed by atoms with Crippen molar-refractivity contribution in [3.05, 3.63) is 28.5 Å². The fourth-order valence-corrected chi connectivity index (χ4v) is 1.37. The number of hydrogen-bond donors (Lipinski definition) is 1. The molecule has 0 aliphatic carbocycles. The molecule has 16 heavy (non-hydrogen) atoms. The van der Waals surface area contributed by atoms with Crippen LogP contribution < -0.4 is 5.32 Å². The number of halogens is 1. The van der Waals surface area contributed by atoms with E-state index in [-0.39, 0.29) is 17.4 Å². The summed E-state index contributed by atoms with van der Waals surface area (Å²) in [6.07, 6.45) is 1.73. The molecule has 0 saturated carbocycles. The summed E-state index contributed by atoms with van der Waals surface area (Å²) in [4.78, 5) is 16.0. The molecule has 1 atom stereocenters. The van der Waals surface area contributed by atoms with Crippen molar-refractivity contribution in [1.82, 2.24) is 10.3 Å². The summed E-state index contributed by atoms with van der Waals surface area (Å²) in [6, 6.07) is 3.75. The van der Waals surface area contributed by atoms with Crippen LogP contribution in [0, 0.1) is 5.41 Å². The van der Waals surface area contributed by atoms with Gasteiger partial charge >= 0.3 is 0 Å². The lowest BCUT2D eigenvalue weighted by molar-refractivity contribution is -0.129. The van der Waals surface area contributed by atoms with Crippen molar-refractivity contribution in [3.8, 4) is 0 Å². The summed E-state index contributed by atoms with van der Waals surface area (Å²) >= 11 is 3.33. The third-order valence-corrected chi connectivity index (χ3v) is 2.69. The smallest absolute Gasteiger partial charge is 0.225 e. The molecule has 0 aliphatic rings. The molecular formula is C12H17BrN2O. The number of nitrogens with one attached hydrogen (secondary N) is 1. The van der Waals surface area contributed by atoms with Crippen LogP contribution in [0.4, 0.5) is 0 Å². The molecule has 0 aromatic carbocycles. The van der Waals surface area contributed by atoms with E-state index in [1.54, 1.807) is 6.20 Å². The Kier molecular flexibility index (Phi) is 4.08. The second-order valence-electron chi connectivity index (χ2n) is 4.85. The van der Waals surface area contributed by atoms with E-state index in [9.17, 15) is 4.79 Å². The van der Waals surface area contributed by atoms with Crippen molar-refractivity contribution in [1.29, 1.82) is 0 Å². The lowest BCUT2D eigenvalue weighted by Gasteiger charge is -2.21. The highest BCUT2D eigenvalue weighted by Gasteiger charge is 2.23. The lowest BCUT2D eigenvalue weighted by Crippen LogP contribution is -2.36. The zero-order valence-electron chi connectivity index (χ0n) is 10.0. The van der Waals surface area contributed by atoms with Gasteiger partial charge in [-0.15, -0.1) is 0 Å². The third-order valence-electron chi connectivity index (χ3n) is 2.22. The van der Waals surface area contributed by atoms with Crippen LogP contribution >= 0.6 is 15.9 Å². The summed E-state index contributed by atoms with van der Waals surface area (Å²) in [5.41, 5.74) is 0.490. The number of nitrogens with zero attached hydrogens (tertiary/aromatic N) is 1. The Hall–Kier alpha value is -0.900. The van der Waals surface area contributed by atoms with Gasteiger partial charge in [-0.2, -0.15) is 0 Å². The largest absolute Gasteiger partial charge is 0.348 e. The highest BCUT2D eigenvalue weighted by molar-refractivity contribution is 9.10. The number of aromatic nitrogens is 1. The van der Waals surface area contributed by atoms with Gasteiger partial charge in [0.15, 0.2) is 0 Å². The Balaban J connectivity index is 2.69. The second-order valence-corrected chi connectivity index (χ2v) is 5.76. The summed E-state index contributed by atoms with van der Waals surface area (Å²) < 4.78 is 0.936. The summed E-state index contributed by atoms with van der Waals surface area (Å²) in [5, 5.41) is 2.94. The standard InChI is InChI=1S/C12H17BrN2O/c1-8(15-11(16)12(2,3)4)10-6-5-9(13)7-14-10/h5-8H,1-4H3,(H,15,16)/t8-/m1/s1. The van der Waals surface area contributed by atoms with Crippen LogP contribution in [0.1, 0.15) is 39.4 Å². The van der Waals surface area contributed by atoms with Crippen molar-refractivity contribution in [2.75, 3.05) is 0 Å². The Morgan fingerprint density at radius 3 is 2.50 bits per heavy atom. The van der Waals surface area contributed by atoms with Gasteiger partial charge in [0.25, 0.3) is 0 Å². The van der Waals surface area contributed by atoms with E-state index in [0.717, 1.165) is 10.2 Å². The highest BCUT2D eigenvalue weighted by Crippen LogP contribution is 2.17. The Labute approximate surface area is 105 Å². The van der Waals surface area contributed by atoms with Crippen LogP contribution in [0.25, 0.3) is 0 Å². The van der Waals surface area contributed by atoms with Crippen LogP contribution in [0.3, 0.4) is 0 Å². The maximum Gasteiger partial charge on any atom is 0.225 e. The zero-order chi connectivity index (χ0) is 12.3. The molecule has 3 nitrogen and oxygen atoms in total. The molecule has 0 bridgehead atoms. The van der Waals surface area contributed by atoms with Crippen LogP contribution in [0.5, 0.6) is 0 Å². The van der Waals surface area contributed by atoms with E-state index in [0.29, 0.717) is 0 Å². The first-order valence-corrected chi connectivity index (χ1v) is 6.02. The first-order valence-electron chi connectivity index (χ1n) is 5.23. The molecule has 1 aromatic rings. The van der Waals surface area contributed by atoms with Crippen molar-refractivity contribution in [2.45, 2.75) is 33.7 Å². The molecule has 0 unspecified atom stereocenters. The van der Waals surface area contributed by atoms with Crippen molar-refractivity contribution in [3.63, 3.8) is 0 Å². The van der Waals surface area contributed by atoms with Gasteiger partial charge in [-0.25, -0.2) is 0 Å². The molecule has 0 spiro atoms. The van der Waals surface area contributed by atoms with Gasteiger partial charge in [0.2, 0.25) is 5.91 Å². The Bertz CT molecular complexity index is 368. The summed E-state index contributed by atoms with van der Waals surface area (Å²) in [7, 11) is 0. The maximum atomic E-state index is 11.8. The minimum atomic E-state index is -0.371. The molecule has 0 fully saturated rings. The fraction of sp³-hybridized carbons (Fsp3) is 0.500. The zero-order valence-corrected chi connectivity index (χ0v) is 11.6. The van der Waals surface area contributed by atoms with Crippen molar-refractivity contribution >= 4 is 21.8 Å². The second kappa shape index (κ2) is 4.95. The van der Waals surface area contributed by atoms with Crippen LogP contribution in [0.15, 0.2) is 22.8 Å². The van der Waals surface area contributed by atoms with Gasteiger partial charge in [0.1, 0.15) is 0 Å². The minimum Gasteiger partial charge on any atom is -0.348 e. The lowest BCUT2D eigenvalue weighted by atomic mass is 9.95. The molecule has 1 heterocycles. The van der Waals surface area contributed by atoms with Gasteiger partial charge in [-0.1, -0.05) is 20.8 Å². The van der Waals surface area contributed by atoms with Crippen LogP contribution in [-0.2, 0) is 4.79 Å². The topological polar surface area (TPSA) is 42.0 Å². The van der Waals surface area contributed by atoms with Gasteiger partial charge in [0, 0.05) is 16.1 Å². The number of pyridine rings is 1. The molecule has 0 saturated heterocycles. The average molecular weight is 285 g/mol.